The summed E-state index contributed by atoms with van der Waals surface area (Å²) < 4.78 is 0. The van der Waals surface area contributed by atoms with Gasteiger partial charge in [-0.1, -0.05) is 50.5 Å². The van der Waals surface area contributed by atoms with E-state index in [1.165, 1.54) is 43.2 Å². The Labute approximate surface area is 118 Å². The largest absolute Gasteiger partial charge is 0.313 e. The highest BCUT2D eigenvalue weighted by molar-refractivity contribution is 5.23. The molecule has 0 aliphatic heterocycles. The van der Waals surface area contributed by atoms with Crippen LogP contribution < -0.4 is 5.32 Å². The van der Waals surface area contributed by atoms with Crippen LogP contribution in [0.3, 0.4) is 0 Å². The molecule has 0 heterocycles. The van der Waals surface area contributed by atoms with E-state index in [9.17, 15) is 0 Å². The SMILES string of the molecule is CCNCc1cccc(CN(C)C2CCCCC2)c1. The molecule has 0 bridgehead atoms. The lowest BCUT2D eigenvalue weighted by Gasteiger charge is -2.31. The van der Waals surface area contributed by atoms with Gasteiger partial charge in [-0.3, -0.25) is 4.90 Å². The van der Waals surface area contributed by atoms with Gasteiger partial charge in [0.15, 0.2) is 0 Å². The van der Waals surface area contributed by atoms with E-state index in [1.807, 2.05) is 0 Å². The Bertz CT molecular complexity index is 369. The lowest BCUT2D eigenvalue weighted by atomic mass is 9.94. The summed E-state index contributed by atoms with van der Waals surface area (Å²) >= 11 is 0. The molecule has 1 N–H and O–H groups in total. The Morgan fingerprint density at radius 2 is 1.89 bits per heavy atom. The Hall–Kier alpha value is -0.860. The summed E-state index contributed by atoms with van der Waals surface area (Å²) in [6, 6.07) is 9.81. The molecule has 0 unspecified atom stereocenters. The van der Waals surface area contributed by atoms with Crippen molar-refractivity contribution in [2.24, 2.45) is 0 Å². The van der Waals surface area contributed by atoms with Crippen LogP contribution >= 0.6 is 0 Å². The van der Waals surface area contributed by atoms with E-state index in [0.29, 0.717) is 0 Å². The zero-order valence-electron chi connectivity index (χ0n) is 12.5. The second kappa shape index (κ2) is 7.66. The van der Waals surface area contributed by atoms with Crippen LogP contribution in [0.15, 0.2) is 24.3 Å². The molecule has 0 saturated heterocycles. The fourth-order valence-electron chi connectivity index (χ4n) is 3.05. The van der Waals surface area contributed by atoms with Crippen molar-refractivity contribution in [3.05, 3.63) is 35.4 Å². The number of rotatable bonds is 6. The van der Waals surface area contributed by atoms with Crippen LogP contribution in [0.25, 0.3) is 0 Å². The van der Waals surface area contributed by atoms with Crippen LogP contribution in [-0.2, 0) is 13.1 Å². The molecular weight excluding hydrogens is 232 g/mol. The van der Waals surface area contributed by atoms with Crippen LogP contribution in [0.1, 0.15) is 50.2 Å². The highest BCUT2D eigenvalue weighted by Gasteiger charge is 2.17. The van der Waals surface area contributed by atoms with Crippen LogP contribution in [-0.4, -0.2) is 24.5 Å². The van der Waals surface area contributed by atoms with Crippen LogP contribution in [0.2, 0.25) is 0 Å². The van der Waals surface area contributed by atoms with Gasteiger partial charge >= 0.3 is 0 Å². The molecule has 0 radical (unpaired) electrons. The van der Waals surface area contributed by atoms with Crippen molar-refractivity contribution in [2.45, 2.75) is 58.2 Å². The molecule has 2 rings (SSSR count). The summed E-state index contributed by atoms with van der Waals surface area (Å²) in [5, 5.41) is 3.39. The number of nitrogens with zero attached hydrogens (tertiary/aromatic N) is 1. The third-order valence-corrected chi connectivity index (χ3v) is 4.20. The van der Waals surface area contributed by atoms with E-state index >= 15 is 0 Å². The minimum Gasteiger partial charge on any atom is -0.313 e. The Balaban J connectivity index is 1.90. The Morgan fingerprint density at radius 3 is 2.63 bits per heavy atom. The molecule has 1 aliphatic rings. The standard InChI is InChI=1S/C17H28N2/c1-3-18-13-15-8-7-9-16(12-15)14-19(2)17-10-5-4-6-11-17/h7-9,12,17-18H,3-6,10-11,13-14H2,1-2H3. The first-order chi connectivity index (χ1) is 9.29. The molecular formula is C17H28N2. The van der Waals surface area contributed by atoms with Crippen molar-refractivity contribution in [3.63, 3.8) is 0 Å². The smallest absolute Gasteiger partial charge is 0.0233 e. The summed E-state index contributed by atoms with van der Waals surface area (Å²) in [6.45, 7) is 5.26. The van der Waals surface area contributed by atoms with Crippen molar-refractivity contribution >= 4 is 0 Å². The predicted octanol–water partition coefficient (Wildman–Crippen LogP) is 3.56. The first-order valence-corrected chi connectivity index (χ1v) is 7.78. The lowest BCUT2D eigenvalue weighted by molar-refractivity contribution is 0.184. The molecule has 1 fully saturated rings. The zero-order valence-corrected chi connectivity index (χ0v) is 12.5. The third kappa shape index (κ3) is 4.63. The van der Waals surface area contributed by atoms with Gasteiger partial charge in [0.05, 0.1) is 0 Å². The quantitative estimate of drug-likeness (QED) is 0.841. The number of benzene rings is 1. The molecule has 2 heteroatoms. The molecule has 1 aromatic carbocycles. The maximum Gasteiger partial charge on any atom is 0.0233 e. The van der Waals surface area contributed by atoms with Gasteiger partial charge in [-0.2, -0.15) is 0 Å². The molecule has 0 atom stereocenters. The molecule has 0 spiro atoms. The summed E-state index contributed by atoms with van der Waals surface area (Å²) in [7, 11) is 2.28. The maximum atomic E-state index is 3.39. The van der Waals surface area contributed by atoms with Gasteiger partial charge in [0.1, 0.15) is 0 Å². The minimum absolute atomic E-state index is 0.797. The van der Waals surface area contributed by atoms with Crippen LogP contribution in [0.4, 0.5) is 0 Å². The van der Waals surface area contributed by atoms with E-state index in [-0.39, 0.29) is 0 Å². The van der Waals surface area contributed by atoms with E-state index in [1.54, 1.807) is 0 Å². The maximum absolute atomic E-state index is 3.39. The summed E-state index contributed by atoms with van der Waals surface area (Å²) in [6.07, 6.45) is 7.02. The first-order valence-electron chi connectivity index (χ1n) is 7.78. The average Bonchev–Trinajstić information content (AvgIpc) is 2.46. The normalized spacial score (nSPS) is 17.0. The molecule has 1 saturated carbocycles. The Morgan fingerprint density at radius 1 is 1.16 bits per heavy atom. The molecule has 19 heavy (non-hydrogen) atoms. The lowest BCUT2D eigenvalue weighted by Crippen LogP contribution is -2.32. The molecule has 2 nitrogen and oxygen atoms in total. The van der Waals surface area contributed by atoms with Crippen molar-refractivity contribution in [2.75, 3.05) is 13.6 Å². The first kappa shape index (κ1) is 14.5. The highest BCUT2D eigenvalue weighted by Crippen LogP contribution is 2.23. The number of hydrogen-bond donors (Lipinski definition) is 1. The monoisotopic (exact) mass is 260 g/mol. The van der Waals surface area contributed by atoms with Gasteiger partial charge in [-0.25, -0.2) is 0 Å². The number of nitrogens with one attached hydrogen (secondary N) is 1. The number of hydrogen-bond acceptors (Lipinski definition) is 2. The molecule has 1 aromatic rings. The molecule has 106 valence electrons. The van der Waals surface area contributed by atoms with Gasteiger partial charge in [0, 0.05) is 19.1 Å². The zero-order chi connectivity index (χ0) is 13.5. The van der Waals surface area contributed by atoms with E-state index in [2.05, 4.69) is 48.5 Å². The van der Waals surface area contributed by atoms with E-state index in [0.717, 1.165) is 25.7 Å². The minimum atomic E-state index is 0.797. The molecule has 1 aliphatic carbocycles. The van der Waals surface area contributed by atoms with E-state index in [4.69, 9.17) is 0 Å². The van der Waals surface area contributed by atoms with Crippen LogP contribution in [0, 0.1) is 0 Å². The summed E-state index contributed by atoms with van der Waals surface area (Å²) in [5.74, 6) is 0. The average molecular weight is 260 g/mol. The second-order valence-electron chi connectivity index (χ2n) is 5.81. The predicted molar refractivity (Wildman–Crippen MR) is 82.2 cm³/mol. The van der Waals surface area contributed by atoms with Crippen molar-refractivity contribution in [1.82, 2.24) is 10.2 Å². The van der Waals surface area contributed by atoms with E-state index < -0.39 is 0 Å². The Kier molecular flexibility index (Phi) is 5.87. The summed E-state index contributed by atoms with van der Waals surface area (Å²) in [5.41, 5.74) is 2.85. The third-order valence-electron chi connectivity index (χ3n) is 4.20. The highest BCUT2D eigenvalue weighted by atomic mass is 15.1. The van der Waals surface area contributed by atoms with Gasteiger partial charge in [-0.05, 0) is 37.6 Å². The van der Waals surface area contributed by atoms with Gasteiger partial charge in [0.2, 0.25) is 0 Å². The molecule has 0 amide bonds. The van der Waals surface area contributed by atoms with Gasteiger partial charge in [0.25, 0.3) is 0 Å². The van der Waals surface area contributed by atoms with Crippen LogP contribution in [0.5, 0.6) is 0 Å². The fraction of sp³-hybridized carbons (Fsp3) is 0.647. The molecule has 0 aromatic heterocycles. The van der Waals surface area contributed by atoms with Gasteiger partial charge in [-0.15, -0.1) is 0 Å². The van der Waals surface area contributed by atoms with Crippen molar-refractivity contribution in [1.29, 1.82) is 0 Å². The van der Waals surface area contributed by atoms with Crippen molar-refractivity contribution < 1.29 is 0 Å². The summed E-state index contributed by atoms with van der Waals surface area (Å²) in [4.78, 5) is 2.55. The fourth-order valence-corrected chi connectivity index (χ4v) is 3.05. The van der Waals surface area contributed by atoms with Gasteiger partial charge < -0.3 is 5.32 Å². The second-order valence-corrected chi connectivity index (χ2v) is 5.81. The van der Waals surface area contributed by atoms with Crippen molar-refractivity contribution in [3.8, 4) is 0 Å². The topological polar surface area (TPSA) is 15.3 Å².